The molecule has 10 nitrogen and oxygen atoms in total. The fraction of sp³-hybridized carbons (Fsp3) is 0.778. The summed E-state index contributed by atoms with van der Waals surface area (Å²) in [6, 6.07) is 0. The fourth-order valence-corrected chi connectivity index (χ4v) is 1.21. The number of aliphatic hydroxyl groups is 7. The number of aliphatic carboxylic acids is 1. The Morgan fingerprint density at radius 1 is 0.789 bits per heavy atom. The topological polar surface area (TPSA) is 196 Å². The fourth-order valence-electron chi connectivity index (χ4n) is 1.21. The molecule has 0 aliphatic carbocycles. The molecule has 0 aliphatic heterocycles. The number of carboxylic acid groups (broad SMARTS) is 1. The molecular formula is C9H16O10. The maximum Gasteiger partial charge on any atom is 0.375 e. The van der Waals surface area contributed by atoms with Crippen molar-refractivity contribution in [3.8, 4) is 0 Å². The van der Waals surface area contributed by atoms with Crippen molar-refractivity contribution in [3.05, 3.63) is 0 Å². The van der Waals surface area contributed by atoms with E-state index >= 15 is 0 Å². The predicted molar refractivity (Wildman–Crippen MR) is 55.8 cm³/mol. The third-order valence-electron chi connectivity index (χ3n) is 2.43. The lowest BCUT2D eigenvalue weighted by Gasteiger charge is -2.29. The van der Waals surface area contributed by atoms with E-state index in [9.17, 15) is 30.0 Å². The molecule has 0 saturated carbocycles. The summed E-state index contributed by atoms with van der Waals surface area (Å²) in [5, 5.41) is 72.0. The van der Waals surface area contributed by atoms with E-state index in [0.29, 0.717) is 0 Å². The first-order chi connectivity index (χ1) is 8.64. The van der Waals surface area contributed by atoms with Gasteiger partial charge in [-0.25, -0.2) is 4.79 Å². The number of carbonyl (C=O) groups is 2. The summed E-state index contributed by atoms with van der Waals surface area (Å²) in [4.78, 5) is 21.1. The lowest BCUT2D eigenvalue weighted by molar-refractivity contribution is -0.171. The van der Waals surface area contributed by atoms with Crippen molar-refractivity contribution in [2.45, 2.75) is 36.6 Å². The Balaban J connectivity index is 4.76. The molecule has 8 N–H and O–H groups in total. The molecule has 0 spiro atoms. The maximum absolute atomic E-state index is 10.8. The van der Waals surface area contributed by atoms with Gasteiger partial charge in [-0.05, 0) is 0 Å². The van der Waals surface area contributed by atoms with Crippen LogP contribution in [0.15, 0.2) is 0 Å². The number of Topliss-reactive ketones (excluding diaryl/α,β-unsaturated/α-hetero) is 1. The summed E-state index contributed by atoms with van der Waals surface area (Å²) in [7, 11) is 0. The highest BCUT2D eigenvalue weighted by Gasteiger charge is 2.40. The van der Waals surface area contributed by atoms with E-state index in [2.05, 4.69) is 0 Å². The van der Waals surface area contributed by atoms with E-state index < -0.39 is 55.0 Å². The van der Waals surface area contributed by atoms with Crippen molar-refractivity contribution in [3.63, 3.8) is 0 Å². The predicted octanol–water partition coefficient (Wildman–Crippen LogP) is -5.20. The van der Waals surface area contributed by atoms with Crippen LogP contribution in [-0.2, 0) is 9.59 Å². The molecular weight excluding hydrogens is 268 g/mol. The Morgan fingerprint density at radius 2 is 1.21 bits per heavy atom. The molecule has 0 heterocycles. The monoisotopic (exact) mass is 284 g/mol. The van der Waals surface area contributed by atoms with Crippen LogP contribution in [0.1, 0.15) is 0 Å². The van der Waals surface area contributed by atoms with E-state index in [1.807, 2.05) is 0 Å². The Labute approximate surface area is 106 Å². The van der Waals surface area contributed by atoms with Crippen molar-refractivity contribution in [2.75, 3.05) is 6.61 Å². The molecule has 0 amide bonds. The highest BCUT2D eigenvalue weighted by molar-refractivity contribution is 6.34. The van der Waals surface area contributed by atoms with Crippen LogP contribution in [0, 0.1) is 0 Å². The first-order valence-corrected chi connectivity index (χ1v) is 5.11. The van der Waals surface area contributed by atoms with Crippen LogP contribution in [-0.4, -0.2) is 95.8 Å². The van der Waals surface area contributed by atoms with Gasteiger partial charge in [-0.1, -0.05) is 0 Å². The molecule has 112 valence electrons. The molecule has 10 heteroatoms. The molecule has 0 aliphatic rings. The van der Waals surface area contributed by atoms with Gasteiger partial charge in [0.25, 0.3) is 5.78 Å². The minimum atomic E-state index is -2.53. The number of aliphatic hydroxyl groups excluding tert-OH is 7. The SMILES string of the molecule is O=C(O)C(=O)[C@H](O)[C@@H](O)[C@@H](O)[C@H](O)C(O)C(O)CO. The van der Waals surface area contributed by atoms with E-state index in [4.69, 9.17) is 20.4 Å². The second-order valence-corrected chi connectivity index (χ2v) is 3.83. The lowest BCUT2D eigenvalue weighted by atomic mass is 9.95. The van der Waals surface area contributed by atoms with E-state index in [0.717, 1.165) is 0 Å². The molecule has 2 unspecified atom stereocenters. The largest absolute Gasteiger partial charge is 0.475 e. The molecule has 6 atom stereocenters. The summed E-state index contributed by atoms with van der Waals surface area (Å²) in [5.74, 6) is -3.89. The summed E-state index contributed by atoms with van der Waals surface area (Å²) >= 11 is 0. The minimum Gasteiger partial charge on any atom is -0.475 e. The summed E-state index contributed by atoms with van der Waals surface area (Å²) in [6.07, 6.45) is -13.4. The van der Waals surface area contributed by atoms with Crippen molar-refractivity contribution < 1.29 is 50.4 Å². The molecule has 0 aromatic rings. The number of ketones is 1. The average Bonchev–Trinajstić information content (AvgIpc) is 2.40. The number of carbonyl (C=O) groups excluding carboxylic acids is 1. The van der Waals surface area contributed by atoms with Gasteiger partial charge >= 0.3 is 5.97 Å². The zero-order valence-electron chi connectivity index (χ0n) is 9.57. The smallest absolute Gasteiger partial charge is 0.375 e. The minimum absolute atomic E-state index is 0.961. The second-order valence-electron chi connectivity index (χ2n) is 3.83. The van der Waals surface area contributed by atoms with Crippen molar-refractivity contribution in [1.82, 2.24) is 0 Å². The van der Waals surface area contributed by atoms with Crippen LogP contribution >= 0.6 is 0 Å². The Hall–Kier alpha value is -1.14. The Kier molecular flexibility index (Phi) is 7.00. The van der Waals surface area contributed by atoms with E-state index in [-0.39, 0.29) is 0 Å². The average molecular weight is 284 g/mol. The summed E-state index contributed by atoms with van der Waals surface area (Å²) in [6.45, 7) is -0.961. The molecule has 0 fully saturated rings. The van der Waals surface area contributed by atoms with Gasteiger partial charge in [0.1, 0.15) is 30.5 Å². The van der Waals surface area contributed by atoms with Crippen molar-refractivity contribution in [2.24, 2.45) is 0 Å². The van der Waals surface area contributed by atoms with E-state index in [1.165, 1.54) is 0 Å². The zero-order chi connectivity index (χ0) is 15.3. The molecule has 19 heavy (non-hydrogen) atoms. The van der Waals surface area contributed by atoms with Crippen molar-refractivity contribution >= 4 is 11.8 Å². The van der Waals surface area contributed by atoms with Crippen LogP contribution in [0.4, 0.5) is 0 Å². The maximum atomic E-state index is 10.8. The number of hydrogen-bond donors (Lipinski definition) is 8. The zero-order valence-corrected chi connectivity index (χ0v) is 9.57. The molecule has 0 bridgehead atoms. The van der Waals surface area contributed by atoms with Gasteiger partial charge < -0.3 is 40.9 Å². The Morgan fingerprint density at radius 3 is 1.58 bits per heavy atom. The van der Waals surface area contributed by atoms with Crippen LogP contribution in [0.2, 0.25) is 0 Å². The lowest BCUT2D eigenvalue weighted by Crippen LogP contribution is -2.54. The second kappa shape index (κ2) is 7.45. The number of carboxylic acids is 1. The Bertz CT molecular complexity index is 318. The van der Waals surface area contributed by atoms with Gasteiger partial charge in [-0.2, -0.15) is 0 Å². The van der Waals surface area contributed by atoms with Crippen LogP contribution < -0.4 is 0 Å². The molecule has 0 radical (unpaired) electrons. The highest BCUT2D eigenvalue weighted by atomic mass is 16.4. The first kappa shape index (κ1) is 17.9. The third-order valence-corrected chi connectivity index (χ3v) is 2.43. The molecule has 0 saturated heterocycles. The van der Waals surface area contributed by atoms with E-state index in [1.54, 1.807) is 0 Å². The highest BCUT2D eigenvalue weighted by Crippen LogP contribution is 2.11. The van der Waals surface area contributed by atoms with Gasteiger partial charge in [-0.3, -0.25) is 4.79 Å². The van der Waals surface area contributed by atoms with Crippen LogP contribution in [0.25, 0.3) is 0 Å². The van der Waals surface area contributed by atoms with Gasteiger partial charge in [0.15, 0.2) is 6.10 Å². The van der Waals surface area contributed by atoms with Crippen LogP contribution in [0.3, 0.4) is 0 Å². The normalized spacial score (nSPS) is 21.0. The number of hydrogen-bond acceptors (Lipinski definition) is 9. The molecule has 0 aromatic carbocycles. The van der Waals surface area contributed by atoms with Crippen LogP contribution in [0.5, 0.6) is 0 Å². The van der Waals surface area contributed by atoms with Gasteiger partial charge in [0, 0.05) is 0 Å². The molecule has 0 rings (SSSR count). The number of rotatable bonds is 8. The van der Waals surface area contributed by atoms with Crippen molar-refractivity contribution in [1.29, 1.82) is 0 Å². The standard InChI is InChI=1S/C9H16O10/c10-1-2(11)3(12)4(13)5(14)6(15)7(16)8(17)9(18)19/h2-7,10-16H,1H2,(H,18,19)/t2?,3?,4-,5+,6+,7-/m1/s1. The third kappa shape index (κ3) is 4.47. The quantitative estimate of drug-likeness (QED) is 0.199. The molecule has 0 aromatic heterocycles. The van der Waals surface area contributed by atoms with Gasteiger partial charge in [0.05, 0.1) is 6.61 Å². The summed E-state index contributed by atoms with van der Waals surface area (Å²) < 4.78 is 0. The summed E-state index contributed by atoms with van der Waals surface area (Å²) in [5.41, 5.74) is 0. The van der Waals surface area contributed by atoms with Gasteiger partial charge in [-0.15, -0.1) is 0 Å². The first-order valence-electron chi connectivity index (χ1n) is 5.11. The van der Waals surface area contributed by atoms with Gasteiger partial charge in [0.2, 0.25) is 0 Å².